The molecule has 102 valence electrons. The van der Waals surface area contributed by atoms with E-state index < -0.39 is 5.97 Å². The van der Waals surface area contributed by atoms with E-state index in [0.717, 1.165) is 21.6 Å². The highest BCUT2D eigenvalue weighted by Crippen LogP contribution is 2.32. The van der Waals surface area contributed by atoms with Crippen LogP contribution in [0.1, 0.15) is 25.8 Å². The summed E-state index contributed by atoms with van der Waals surface area (Å²) in [6.45, 7) is 6.16. The average Bonchev–Trinajstić information content (AvgIpc) is 2.65. The second kappa shape index (κ2) is 5.17. The third-order valence-electron chi connectivity index (χ3n) is 2.46. The van der Waals surface area contributed by atoms with Crippen molar-refractivity contribution in [1.29, 1.82) is 0 Å². The topological polar surface area (TPSA) is 59.4 Å². The first-order chi connectivity index (χ1) is 8.85. The summed E-state index contributed by atoms with van der Waals surface area (Å²) in [5.74, 6) is -0.446. The molecule has 0 saturated carbocycles. The van der Waals surface area contributed by atoms with Crippen LogP contribution in [-0.4, -0.2) is 22.7 Å². The van der Waals surface area contributed by atoms with Crippen LogP contribution in [0.25, 0.3) is 10.2 Å². The summed E-state index contributed by atoms with van der Waals surface area (Å²) >= 11 is 1.63. The molecule has 0 fully saturated rings. The van der Waals surface area contributed by atoms with Crippen molar-refractivity contribution in [1.82, 2.24) is 4.98 Å². The minimum atomic E-state index is -0.984. The fraction of sp³-hybridized carbons (Fsp3) is 0.429. The third-order valence-corrected chi connectivity index (χ3v) is 3.48. The second-order valence-corrected chi connectivity index (χ2v) is 6.75. The highest BCUT2D eigenvalue weighted by Gasteiger charge is 2.16. The van der Waals surface area contributed by atoms with Crippen LogP contribution in [0.15, 0.2) is 18.2 Å². The number of carbonyl (C=O) groups is 1. The molecule has 0 amide bonds. The molecule has 19 heavy (non-hydrogen) atoms. The van der Waals surface area contributed by atoms with Gasteiger partial charge in [-0.3, -0.25) is 0 Å². The number of hydrogen-bond acceptors (Lipinski definition) is 4. The Hall–Kier alpha value is -1.62. The molecule has 0 atom stereocenters. The molecule has 0 aliphatic heterocycles. The molecule has 0 aliphatic carbocycles. The van der Waals surface area contributed by atoms with E-state index in [1.54, 1.807) is 17.4 Å². The van der Waals surface area contributed by atoms with Gasteiger partial charge in [0, 0.05) is 6.42 Å². The Kier molecular flexibility index (Phi) is 3.75. The molecule has 4 nitrogen and oxygen atoms in total. The Labute approximate surface area is 116 Å². The van der Waals surface area contributed by atoms with Crippen molar-refractivity contribution < 1.29 is 14.6 Å². The van der Waals surface area contributed by atoms with Crippen molar-refractivity contribution in [2.75, 3.05) is 6.61 Å². The molecule has 1 aromatic heterocycles. The van der Waals surface area contributed by atoms with Crippen LogP contribution < -0.4 is 4.74 Å². The molecule has 2 rings (SSSR count). The molecule has 2 aromatic rings. The van der Waals surface area contributed by atoms with Gasteiger partial charge in [-0.25, -0.2) is 9.78 Å². The van der Waals surface area contributed by atoms with Gasteiger partial charge in [0.15, 0.2) is 6.61 Å². The number of aliphatic carboxylic acids is 1. The molecule has 0 aliphatic rings. The Morgan fingerprint density at radius 1 is 1.42 bits per heavy atom. The lowest BCUT2D eigenvalue weighted by Crippen LogP contribution is -2.10. The average molecular weight is 279 g/mol. The van der Waals surface area contributed by atoms with Crippen molar-refractivity contribution in [3.63, 3.8) is 0 Å². The summed E-state index contributed by atoms with van der Waals surface area (Å²) in [6.07, 6.45) is 0.894. The molecule has 0 unspecified atom stereocenters. The highest BCUT2D eigenvalue weighted by molar-refractivity contribution is 7.18. The number of hydrogen-bond donors (Lipinski definition) is 1. The van der Waals surface area contributed by atoms with Crippen LogP contribution in [-0.2, 0) is 11.2 Å². The van der Waals surface area contributed by atoms with Gasteiger partial charge in [0.05, 0.1) is 9.71 Å². The zero-order valence-electron chi connectivity index (χ0n) is 11.3. The summed E-state index contributed by atoms with van der Waals surface area (Å²) in [5, 5.41) is 9.71. The number of nitrogens with zero attached hydrogens (tertiary/aromatic N) is 1. The molecule has 1 N–H and O–H groups in total. The predicted octanol–water partition coefficient (Wildman–Crippen LogP) is 3.35. The lowest BCUT2D eigenvalue weighted by atomic mass is 9.93. The van der Waals surface area contributed by atoms with E-state index in [4.69, 9.17) is 9.84 Å². The maximum absolute atomic E-state index is 10.6. The van der Waals surface area contributed by atoms with Crippen molar-refractivity contribution in [3.8, 4) is 5.75 Å². The highest BCUT2D eigenvalue weighted by atomic mass is 32.1. The fourth-order valence-electron chi connectivity index (χ4n) is 1.75. The summed E-state index contributed by atoms with van der Waals surface area (Å²) in [6, 6.07) is 5.59. The largest absolute Gasteiger partial charge is 0.480 e. The molecule has 1 aromatic carbocycles. The van der Waals surface area contributed by atoms with Gasteiger partial charge >= 0.3 is 5.97 Å². The van der Waals surface area contributed by atoms with E-state index in [1.807, 2.05) is 12.1 Å². The zero-order valence-corrected chi connectivity index (χ0v) is 12.1. The Morgan fingerprint density at radius 2 is 2.16 bits per heavy atom. The fourth-order valence-corrected chi connectivity index (χ4v) is 3.04. The van der Waals surface area contributed by atoms with Crippen molar-refractivity contribution >= 4 is 27.5 Å². The minimum Gasteiger partial charge on any atom is -0.480 e. The molecule has 5 heteroatoms. The maximum Gasteiger partial charge on any atom is 0.341 e. The van der Waals surface area contributed by atoms with Gasteiger partial charge in [0.1, 0.15) is 11.3 Å². The standard InChI is InChI=1S/C14H17NO3S/c1-14(2,3)7-11-15-13-9(18-8-12(16)17)5-4-6-10(13)19-11/h4-6H,7-8H2,1-3H3,(H,16,17). The number of fused-ring (bicyclic) bond motifs is 1. The van der Waals surface area contributed by atoms with E-state index in [1.165, 1.54) is 0 Å². The van der Waals surface area contributed by atoms with Gasteiger partial charge in [-0.2, -0.15) is 0 Å². The summed E-state index contributed by atoms with van der Waals surface area (Å²) in [5.41, 5.74) is 0.934. The normalized spacial score (nSPS) is 11.7. The van der Waals surface area contributed by atoms with E-state index in [2.05, 4.69) is 25.8 Å². The van der Waals surface area contributed by atoms with Gasteiger partial charge < -0.3 is 9.84 Å². The van der Waals surface area contributed by atoms with Crippen LogP contribution >= 0.6 is 11.3 Å². The molecular weight excluding hydrogens is 262 g/mol. The first-order valence-electron chi connectivity index (χ1n) is 6.08. The van der Waals surface area contributed by atoms with Crippen LogP contribution in [0, 0.1) is 5.41 Å². The van der Waals surface area contributed by atoms with Gasteiger partial charge in [-0.1, -0.05) is 26.8 Å². The quantitative estimate of drug-likeness (QED) is 0.932. The van der Waals surface area contributed by atoms with Gasteiger partial charge in [-0.15, -0.1) is 11.3 Å². The van der Waals surface area contributed by atoms with E-state index in [0.29, 0.717) is 5.75 Å². The number of ether oxygens (including phenoxy) is 1. The SMILES string of the molecule is CC(C)(C)Cc1nc2c(OCC(=O)O)cccc2s1. The number of rotatable bonds is 4. The molecule has 0 spiro atoms. The number of benzene rings is 1. The molecule has 0 saturated heterocycles. The second-order valence-electron chi connectivity index (χ2n) is 5.63. The smallest absolute Gasteiger partial charge is 0.341 e. The number of para-hydroxylation sites is 1. The van der Waals surface area contributed by atoms with Gasteiger partial charge in [-0.05, 0) is 17.5 Å². The third kappa shape index (κ3) is 3.67. The molecule has 0 bridgehead atoms. The van der Waals surface area contributed by atoms with Gasteiger partial charge in [0.2, 0.25) is 0 Å². The van der Waals surface area contributed by atoms with Gasteiger partial charge in [0.25, 0.3) is 0 Å². The van der Waals surface area contributed by atoms with Crippen LogP contribution in [0.4, 0.5) is 0 Å². The monoisotopic (exact) mass is 279 g/mol. The predicted molar refractivity (Wildman–Crippen MR) is 75.9 cm³/mol. The number of thiazole rings is 1. The Balaban J connectivity index is 2.31. The lowest BCUT2D eigenvalue weighted by Gasteiger charge is -2.15. The van der Waals surface area contributed by atoms with Crippen LogP contribution in [0.5, 0.6) is 5.75 Å². The first-order valence-corrected chi connectivity index (χ1v) is 6.90. The lowest BCUT2D eigenvalue weighted by molar-refractivity contribution is -0.139. The summed E-state index contributed by atoms with van der Waals surface area (Å²) in [4.78, 5) is 15.1. The van der Waals surface area contributed by atoms with E-state index in [9.17, 15) is 4.79 Å². The van der Waals surface area contributed by atoms with E-state index >= 15 is 0 Å². The minimum absolute atomic E-state index is 0.177. The Bertz CT molecular complexity index is 598. The van der Waals surface area contributed by atoms with Crippen molar-refractivity contribution in [2.45, 2.75) is 27.2 Å². The van der Waals surface area contributed by atoms with Crippen molar-refractivity contribution in [3.05, 3.63) is 23.2 Å². The Morgan fingerprint density at radius 3 is 2.79 bits per heavy atom. The molecular formula is C14H17NO3S. The number of aromatic nitrogens is 1. The van der Waals surface area contributed by atoms with E-state index in [-0.39, 0.29) is 12.0 Å². The van der Waals surface area contributed by atoms with Crippen LogP contribution in [0.2, 0.25) is 0 Å². The maximum atomic E-state index is 10.6. The zero-order chi connectivity index (χ0) is 14.0. The summed E-state index contributed by atoms with van der Waals surface area (Å²) < 4.78 is 6.30. The van der Waals surface area contributed by atoms with Crippen LogP contribution in [0.3, 0.4) is 0 Å². The first kappa shape index (κ1) is 13.8. The number of carboxylic acids is 1. The summed E-state index contributed by atoms with van der Waals surface area (Å²) in [7, 11) is 0. The van der Waals surface area contributed by atoms with Crippen molar-refractivity contribution in [2.24, 2.45) is 5.41 Å². The molecule has 1 heterocycles. The molecule has 0 radical (unpaired) electrons. The number of carboxylic acid groups (broad SMARTS) is 1.